The predicted octanol–water partition coefficient (Wildman–Crippen LogP) is 0.424. The van der Waals surface area contributed by atoms with E-state index in [2.05, 4.69) is 16.2 Å². The highest BCUT2D eigenvalue weighted by atomic mass is 15.0. The van der Waals surface area contributed by atoms with Crippen molar-refractivity contribution >= 4 is 6.21 Å². The lowest BCUT2D eigenvalue weighted by atomic mass is 10.5. The molecule has 0 radical (unpaired) electrons. The molecule has 0 aromatic heterocycles. The van der Waals surface area contributed by atoms with E-state index in [1.54, 1.807) is 18.4 Å². The van der Waals surface area contributed by atoms with Gasteiger partial charge in [-0.25, -0.2) is 0 Å². The third-order valence-electron chi connectivity index (χ3n) is 0.633. The Morgan fingerprint density at radius 2 is 2.56 bits per heavy atom. The van der Waals surface area contributed by atoms with Gasteiger partial charge in [0.05, 0.1) is 6.67 Å². The molecule has 0 aromatic carbocycles. The van der Waals surface area contributed by atoms with E-state index >= 15 is 0 Å². The van der Waals surface area contributed by atoms with E-state index in [9.17, 15) is 0 Å². The van der Waals surface area contributed by atoms with Gasteiger partial charge in [0.25, 0.3) is 0 Å². The lowest BCUT2D eigenvalue weighted by Gasteiger charge is -1.83. The van der Waals surface area contributed by atoms with Gasteiger partial charge in [0.1, 0.15) is 0 Å². The molecular formula is C7H10N2. The largest absolute Gasteiger partial charge is 0.301 e. The summed E-state index contributed by atoms with van der Waals surface area (Å²) in [5, 5.41) is 2.86. The average Bonchev–Trinajstić information content (AvgIpc) is 1.89. The van der Waals surface area contributed by atoms with Gasteiger partial charge in [0.2, 0.25) is 0 Å². The van der Waals surface area contributed by atoms with Crippen LogP contribution in [0.2, 0.25) is 0 Å². The van der Waals surface area contributed by atoms with Crippen molar-refractivity contribution in [2.24, 2.45) is 4.99 Å². The van der Waals surface area contributed by atoms with Crippen LogP contribution < -0.4 is 5.32 Å². The normalized spacial score (nSPS) is 10.7. The predicted molar refractivity (Wildman–Crippen MR) is 40.4 cm³/mol. The van der Waals surface area contributed by atoms with Gasteiger partial charge in [-0.1, -0.05) is 5.92 Å². The second kappa shape index (κ2) is 6.93. The zero-order chi connectivity index (χ0) is 6.95. The Morgan fingerprint density at radius 1 is 1.78 bits per heavy atom. The summed E-state index contributed by atoms with van der Waals surface area (Å²) in [6.45, 7) is 0.634. The molecule has 0 heterocycles. The Kier molecular flexibility index (Phi) is 6.11. The van der Waals surface area contributed by atoms with E-state index in [0.717, 1.165) is 0 Å². The first-order valence-electron chi connectivity index (χ1n) is 2.67. The summed E-state index contributed by atoms with van der Waals surface area (Å²) in [5.41, 5.74) is 0. The van der Waals surface area contributed by atoms with Crippen LogP contribution in [-0.2, 0) is 0 Å². The lowest BCUT2D eigenvalue weighted by Crippen LogP contribution is -2.04. The molecule has 0 aliphatic rings. The highest BCUT2D eigenvalue weighted by Gasteiger charge is 1.64. The molecule has 0 spiro atoms. The quantitative estimate of drug-likeness (QED) is 0.426. The molecule has 2 heteroatoms. The Labute approximate surface area is 55.7 Å². The van der Waals surface area contributed by atoms with Crippen molar-refractivity contribution in [2.75, 3.05) is 13.7 Å². The van der Waals surface area contributed by atoms with Gasteiger partial charge < -0.3 is 5.32 Å². The zero-order valence-electron chi connectivity index (χ0n) is 5.46. The number of nitrogens with one attached hydrogen (secondary N) is 1. The summed E-state index contributed by atoms with van der Waals surface area (Å²) in [5.74, 6) is 2.35. The van der Waals surface area contributed by atoms with Gasteiger partial charge >= 0.3 is 0 Å². The first-order chi connectivity index (χ1) is 4.41. The molecule has 1 N–H and O–H groups in total. The highest BCUT2D eigenvalue weighted by molar-refractivity contribution is 5.71. The van der Waals surface area contributed by atoms with Crippen LogP contribution in [0, 0.1) is 12.3 Å². The SMILES string of the molecule is C#C/C=C\C=N/CNC. The van der Waals surface area contributed by atoms with E-state index in [1.807, 2.05) is 7.05 Å². The van der Waals surface area contributed by atoms with Crippen molar-refractivity contribution in [3.05, 3.63) is 12.2 Å². The molecule has 9 heavy (non-hydrogen) atoms. The average molecular weight is 122 g/mol. The fraction of sp³-hybridized carbons (Fsp3) is 0.286. The first-order valence-corrected chi connectivity index (χ1v) is 2.67. The van der Waals surface area contributed by atoms with Crippen molar-refractivity contribution in [3.8, 4) is 12.3 Å². The second-order valence-corrected chi connectivity index (χ2v) is 1.37. The maximum absolute atomic E-state index is 4.93. The Morgan fingerprint density at radius 3 is 3.11 bits per heavy atom. The van der Waals surface area contributed by atoms with Crippen LogP contribution >= 0.6 is 0 Å². The summed E-state index contributed by atoms with van der Waals surface area (Å²) in [7, 11) is 1.84. The van der Waals surface area contributed by atoms with Crippen LogP contribution in [0.15, 0.2) is 17.1 Å². The molecule has 0 fully saturated rings. The minimum atomic E-state index is 0.634. The van der Waals surface area contributed by atoms with Gasteiger partial charge in [-0.2, -0.15) is 0 Å². The molecule has 0 amide bonds. The number of rotatable bonds is 3. The number of nitrogens with zero attached hydrogens (tertiary/aromatic N) is 1. The van der Waals surface area contributed by atoms with Gasteiger partial charge in [-0.3, -0.25) is 4.99 Å². The van der Waals surface area contributed by atoms with Crippen molar-refractivity contribution < 1.29 is 0 Å². The standard InChI is InChI=1S/C7H10N2/c1-3-4-5-6-9-7-8-2/h1,4-6,8H,7H2,2H3/b5-4-,9-6-. The topological polar surface area (TPSA) is 24.4 Å². The zero-order valence-corrected chi connectivity index (χ0v) is 5.46. The minimum Gasteiger partial charge on any atom is -0.301 e. The van der Waals surface area contributed by atoms with Gasteiger partial charge in [0, 0.05) is 6.21 Å². The highest BCUT2D eigenvalue weighted by Crippen LogP contribution is 1.64. The van der Waals surface area contributed by atoms with E-state index in [1.165, 1.54) is 0 Å². The van der Waals surface area contributed by atoms with E-state index in [-0.39, 0.29) is 0 Å². The van der Waals surface area contributed by atoms with Gasteiger partial charge in [-0.15, -0.1) is 6.42 Å². The number of hydrogen-bond acceptors (Lipinski definition) is 2. The minimum absolute atomic E-state index is 0.634. The first kappa shape index (κ1) is 7.93. The number of aliphatic imine (C=N–C) groups is 1. The van der Waals surface area contributed by atoms with Crippen molar-refractivity contribution in [1.82, 2.24) is 5.32 Å². The molecule has 0 saturated carbocycles. The second-order valence-electron chi connectivity index (χ2n) is 1.37. The Bertz CT molecular complexity index is 139. The fourth-order valence-electron chi connectivity index (χ4n) is 0.303. The molecule has 0 bridgehead atoms. The molecule has 48 valence electrons. The molecule has 0 rings (SSSR count). The number of allylic oxidation sites excluding steroid dienone is 2. The summed E-state index contributed by atoms with van der Waals surface area (Å²) in [6, 6.07) is 0. The molecule has 0 aliphatic heterocycles. The molecular weight excluding hydrogens is 112 g/mol. The maximum Gasteiger partial charge on any atom is 0.0881 e. The van der Waals surface area contributed by atoms with Crippen molar-refractivity contribution in [3.63, 3.8) is 0 Å². The van der Waals surface area contributed by atoms with Crippen molar-refractivity contribution in [2.45, 2.75) is 0 Å². The lowest BCUT2D eigenvalue weighted by molar-refractivity contribution is 0.838. The molecule has 0 unspecified atom stereocenters. The van der Waals surface area contributed by atoms with Crippen LogP contribution in [0.25, 0.3) is 0 Å². The van der Waals surface area contributed by atoms with Gasteiger partial charge in [-0.05, 0) is 19.2 Å². The maximum atomic E-state index is 4.93. The molecule has 0 saturated heterocycles. The van der Waals surface area contributed by atoms with Crippen molar-refractivity contribution in [1.29, 1.82) is 0 Å². The van der Waals surface area contributed by atoms with Crippen LogP contribution in [0.1, 0.15) is 0 Å². The summed E-state index contributed by atoms with van der Waals surface area (Å²) < 4.78 is 0. The number of terminal acetylenes is 1. The van der Waals surface area contributed by atoms with Crippen LogP contribution in [0.5, 0.6) is 0 Å². The third-order valence-corrected chi connectivity index (χ3v) is 0.633. The summed E-state index contributed by atoms with van der Waals surface area (Å²) in [4.78, 5) is 3.91. The van der Waals surface area contributed by atoms with E-state index < -0.39 is 0 Å². The Hall–Kier alpha value is -1.07. The summed E-state index contributed by atoms with van der Waals surface area (Å²) in [6.07, 6.45) is 9.91. The van der Waals surface area contributed by atoms with Crippen LogP contribution in [-0.4, -0.2) is 19.9 Å². The monoisotopic (exact) mass is 122 g/mol. The smallest absolute Gasteiger partial charge is 0.0881 e. The van der Waals surface area contributed by atoms with Crippen LogP contribution in [0.3, 0.4) is 0 Å². The summed E-state index contributed by atoms with van der Waals surface area (Å²) >= 11 is 0. The van der Waals surface area contributed by atoms with Gasteiger partial charge in [0.15, 0.2) is 0 Å². The number of hydrogen-bond donors (Lipinski definition) is 1. The molecule has 2 nitrogen and oxygen atoms in total. The fourth-order valence-corrected chi connectivity index (χ4v) is 0.303. The molecule has 0 aromatic rings. The van der Waals surface area contributed by atoms with Crippen LogP contribution in [0.4, 0.5) is 0 Å². The molecule has 0 aliphatic carbocycles. The molecule has 0 atom stereocenters. The van der Waals surface area contributed by atoms with E-state index in [0.29, 0.717) is 6.67 Å². The third kappa shape index (κ3) is 6.93. The van der Waals surface area contributed by atoms with E-state index in [4.69, 9.17) is 6.42 Å². The Balaban J connectivity index is 3.27.